The zero-order valence-corrected chi connectivity index (χ0v) is 15.9. The fourth-order valence-electron chi connectivity index (χ4n) is 4.49. The van der Waals surface area contributed by atoms with E-state index in [-0.39, 0.29) is 0 Å². The van der Waals surface area contributed by atoms with E-state index in [9.17, 15) is 0 Å². The number of morpholine rings is 1. The lowest BCUT2D eigenvalue weighted by molar-refractivity contribution is 0.0318. The lowest BCUT2D eigenvalue weighted by Crippen LogP contribution is -2.54. The summed E-state index contributed by atoms with van der Waals surface area (Å²) >= 11 is 0. The molecule has 0 N–H and O–H groups in total. The Morgan fingerprint density at radius 3 is 2.77 bits per heavy atom. The monoisotopic (exact) mass is 359 g/mol. The fraction of sp³-hybridized carbons (Fsp3) is 0.714. The SMILES string of the molecule is c1ccc(OCCN2CCOCC2)c(CN2CCN3CCCCC3C2)c1. The molecule has 0 bridgehead atoms. The van der Waals surface area contributed by atoms with Crippen molar-refractivity contribution in [2.45, 2.75) is 31.8 Å². The average molecular weight is 360 g/mol. The number of piperazine rings is 1. The molecule has 1 aromatic carbocycles. The number of nitrogens with zero attached hydrogens (tertiary/aromatic N) is 3. The van der Waals surface area contributed by atoms with Crippen molar-refractivity contribution in [3.05, 3.63) is 29.8 Å². The van der Waals surface area contributed by atoms with Gasteiger partial charge in [0.25, 0.3) is 0 Å². The Morgan fingerprint density at radius 2 is 1.85 bits per heavy atom. The van der Waals surface area contributed by atoms with Crippen LogP contribution in [0.3, 0.4) is 0 Å². The molecule has 1 unspecified atom stereocenters. The van der Waals surface area contributed by atoms with E-state index in [1.54, 1.807) is 0 Å². The van der Waals surface area contributed by atoms with Gasteiger partial charge in [-0.1, -0.05) is 24.6 Å². The second-order valence-electron chi connectivity index (χ2n) is 7.83. The highest BCUT2D eigenvalue weighted by Crippen LogP contribution is 2.25. The lowest BCUT2D eigenvalue weighted by atomic mass is 9.99. The Morgan fingerprint density at radius 1 is 0.962 bits per heavy atom. The predicted molar refractivity (Wildman–Crippen MR) is 104 cm³/mol. The van der Waals surface area contributed by atoms with E-state index in [0.717, 1.165) is 57.8 Å². The quantitative estimate of drug-likeness (QED) is 0.775. The summed E-state index contributed by atoms with van der Waals surface area (Å²) < 4.78 is 11.6. The van der Waals surface area contributed by atoms with Gasteiger partial charge in [-0.2, -0.15) is 0 Å². The number of hydrogen-bond acceptors (Lipinski definition) is 5. The van der Waals surface area contributed by atoms with Gasteiger partial charge in [-0.25, -0.2) is 0 Å². The number of rotatable bonds is 6. The maximum absolute atomic E-state index is 6.17. The summed E-state index contributed by atoms with van der Waals surface area (Å²) in [7, 11) is 0. The molecule has 0 amide bonds. The van der Waals surface area contributed by atoms with Crippen molar-refractivity contribution < 1.29 is 9.47 Å². The summed E-state index contributed by atoms with van der Waals surface area (Å²) in [6, 6.07) is 9.36. The molecule has 5 heteroatoms. The molecule has 3 fully saturated rings. The van der Waals surface area contributed by atoms with Crippen molar-refractivity contribution in [3.8, 4) is 5.75 Å². The summed E-state index contributed by atoms with van der Waals surface area (Å²) in [6.45, 7) is 11.4. The Kier molecular flexibility index (Phi) is 6.44. The number of benzene rings is 1. The normalized spacial score (nSPS) is 25.8. The smallest absolute Gasteiger partial charge is 0.123 e. The Balaban J connectivity index is 1.29. The van der Waals surface area contributed by atoms with E-state index in [4.69, 9.17) is 9.47 Å². The summed E-state index contributed by atoms with van der Waals surface area (Å²) in [4.78, 5) is 7.75. The molecule has 0 saturated carbocycles. The molecule has 144 valence electrons. The summed E-state index contributed by atoms with van der Waals surface area (Å²) in [6.07, 6.45) is 4.15. The molecular formula is C21H33N3O2. The first kappa shape index (κ1) is 18.2. The molecule has 0 spiro atoms. The van der Waals surface area contributed by atoms with Crippen LogP contribution in [0.1, 0.15) is 24.8 Å². The standard InChI is InChI=1S/C21H33N3O2/c1-2-7-21(26-16-13-22-11-14-25-15-12-22)19(5-1)17-23-9-10-24-8-4-3-6-20(24)18-23/h1-2,5,7,20H,3-4,6,8-18H2. The van der Waals surface area contributed by atoms with E-state index in [2.05, 4.69) is 39.0 Å². The second-order valence-corrected chi connectivity index (χ2v) is 7.83. The zero-order chi connectivity index (χ0) is 17.6. The number of para-hydroxylation sites is 1. The van der Waals surface area contributed by atoms with Crippen LogP contribution in [0.2, 0.25) is 0 Å². The molecule has 1 aromatic rings. The van der Waals surface area contributed by atoms with Crippen molar-refractivity contribution in [2.24, 2.45) is 0 Å². The largest absolute Gasteiger partial charge is 0.492 e. The van der Waals surface area contributed by atoms with Gasteiger partial charge in [0, 0.05) is 57.4 Å². The summed E-state index contributed by atoms with van der Waals surface area (Å²) in [5.74, 6) is 1.06. The summed E-state index contributed by atoms with van der Waals surface area (Å²) in [5, 5.41) is 0. The molecule has 3 aliphatic heterocycles. The highest BCUT2D eigenvalue weighted by Gasteiger charge is 2.29. The minimum atomic E-state index is 0.757. The molecule has 3 aliphatic rings. The van der Waals surface area contributed by atoms with Gasteiger partial charge < -0.3 is 9.47 Å². The number of piperidine rings is 1. The van der Waals surface area contributed by atoms with Crippen LogP contribution in [-0.4, -0.2) is 86.4 Å². The van der Waals surface area contributed by atoms with E-state index in [1.807, 2.05) is 0 Å². The van der Waals surface area contributed by atoms with Gasteiger partial charge in [-0.3, -0.25) is 14.7 Å². The van der Waals surface area contributed by atoms with Crippen LogP contribution in [0.15, 0.2) is 24.3 Å². The second kappa shape index (κ2) is 9.18. The molecule has 3 heterocycles. The fourth-order valence-corrected chi connectivity index (χ4v) is 4.49. The molecule has 3 saturated heterocycles. The third kappa shape index (κ3) is 4.77. The Hall–Kier alpha value is -1.14. The van der Waals surface area contributed by atoms with E-state index >= 15 is 0 Å². The number of hydrogen-bond donors (Lipinski definition) is 0. The minimum absolute atomic E-state index is 0.757. The first-order valence-electron chi connectivity index (χ1n) is 10.4. The van der Waals surface area contributed by atoms with Crippen molar-refractivity contribution in [2.75, 3.05) is 65.6 Å². The zero-order valence-electron chi connectivity index (χ0n) is 15.9. The average Bonchev–Trinajstić information content (AvgIpc) is 2.70. The van der Waals surface area contributed by atoms with Gasteiger partial charge >= 0.3 is 0 Å². The third-order valence-electron chi connectivity index (χ3n) is 6.06. The van der Waals surface area contributed by atoms with Gasteiger partial charge in [0.15, 0.2) is 0 Å². The molecule has 5 nitrogen and oxygen atoms in total. The lowest BCUT2D eigenvalue weighted by Gasteiger charge is -2.44. The number of ether oxygens (including phenoxy) is 2. The Labute approximate surface area is 157 Å². The Bertz CT molecular complexity index is 562. The van der Waals surface area contributed by atoms with Crippen LogP contribution in [0.5, 0.6) is 5.75 Å². The van der Waals surface area contributed by atoms with Crippen LogP contribution in [-0.2, 0) is 11.3 Å². The molecule has 4 rings (SSSR count). The molecular weight excluding hydrogens is 326 g/mol. The third-order valence-corrected chi connectivity index (χ3v) is 6.06. The molecule has 0 radical (unpaired) electrons. The molecule has 1 atom stereocenters. The van der Waals surface area contributed by atoms with Crippen LogP contribution >= 0.6 is 0 Å². The topological polar surface area (TPSA) is 28.2 Å². The van der Waals surface area contributed by atoms with Crippen molar-refractivity contribution >= 4 is 0 Å². The van der Waals surface area contributed by atoms with Crippen LogP contribution in [0.25, 0.3) is 0 Å². The molecule has 0 aromatic heterocycles. The summed E-state index contributed by atoms with van der Waals surface area (Å²) in [5.41, 5.74) is 1.33. The van der Waals surface area contributed by atoms with E-state index < -0.39 is 0 Å². The van der Waals surface area contributed by atoms with Gasteiger partial charge in [-0.05, 0) is 25.5 Å². The highest BCUT2D eigenvalue weighted by atomic mass is 16.5. The van der Waals surface area contributed by atoms with E-state index in [1.165, 1.54) is 51.0 Å². The van der Waals surface area contributed by atoms with Crippen molar-refractivity contribution in [1.82, 2.24) is 14.7 Å². The maximum Gasteiger partial charge on any atom is 0.123 e. The maximum atomic E-state index is 6.17. The molecule has 0 aliphatic carbocycles. The molecule has 26 heavy (non-hydrogen) atoms. The minimum Gasteiger partial charge on any atom is -0.492 e. The van der Waals surface area contributed by atoms with Crippen LogP contribution in [0, 0.1) is 0 Å². The predicted octanol–water partition coefficient (Wildman–Crippen LogP) is 2.07. The van der Waals surface area contributed by atoms with Gasteiger partial charge in [0.05, 0.1) is 13.2 Å². The van der Waals surface area contributed by atoms with Crippen LogP contribution in [0.4, 0.5) is 0 Å². The van der Waals surface area contributed by atoms with Crippen LogP contribution < -0.4 is 4.74 Å². The first-order valence-corrected chi connectivity index (χ1v) is 10.4. The highest BCUT2D eigenvalue weighted by molar-refractivity contribution is 5.33. The van der Waals surface area contributed by atoms with Gasteiger partial charge in [0.2, 0.25) is 0 Å². The van der Waals surface area contributed by atoms with Crippen molar-refractivity contribution in [3.63, 3.8) is 0 Å². The first-order chi connectivity index (χ1) is 12.9. The van der Waals surface area contributed by atoms with Crippen molar-refractivity contribution in [1.29, 1.82) is 0 Å². The van der Waals surface area contributed by atoms with Gasteiger partial charge in [-0.15, -0.1) is 0 Å². The van der Waals surface area contributed by atoms with Gasteiger partial charge in [0.1, 0.15) is 12.4 Å². The number of fused-ring (bicyclic) bond motifs is 1. The van der Waals surface area contributed by atoms with E-state index in [0.29, 0.717) is 0 Å².